The van der Waals surface area contributed by atoms with E-state index in [-0.39, 0.29) is 5.82 Å². The Bertz CT molecular complexity index is 1300. The average molecular weight is 396 g/mol. The lowest BCUT2D eigenvalue weighted by molar-refractivity contribution is 0.302. The Morgan fingerprint density at radius 2 is 1.57 bits per heavy atom. The van der Waals surface area contributed by atoms with Gasteiger partial charge in [0, 0.05) is 16.5 Å². The van der Waals surface area contributed by atoms with Crippen LogP contribution in [-0.2, 0) is 6.61 Å². The number of fused-ring (bicyclic) bond motifs is 1. The molecule has 0 atom stereocenters. The maximum absolute atomic E-state index is 13.2. The van der Waals surface area contributed by atoms with Crippen molar-refractivity contribution in [2.24, 2.45) is 0 Å². The molecular weight excluding hydrogens is 379 g/mol. The van der Waals surface area contributed by atoms with Gasteiger partial charge in [0.25, 0.3) is 0 Å². The number of halogens is 1. The fourth-order valence-corrected chi connectivity index (χ4v) is 3.30. The lowest BCUT2D eigenvalue weighted by Gasteiger charge is -2.08. The highest BCUT2D eigenvalue weighted by Gasteiger charge is 2.12. The Labute approximate surface area is 172 Å². The lowest BCUT2D eigenvalue weighted by atomic mass is 10.0. The molecule has 0 spiro atoms. The number of hydrogen-bond acceptors (Lipinski definition) is 4. The number of benzene rings is 3. The predicted octanol–water partition coefficient (Wildman–Crippen LogP) is 5.41. The largest absolute Gasteiger partial charge is 0.487 e. The molecule has 2 heterocycles. The van der Waals surface area contributed by atoms with E-state index in [0.717, 1.165) is 39.2 Å². The molecule has 0 aliphatic heterocycles. The van der Waals surface area contributed by atoms with Crippen molar-refractivity contribution in [1.82, 2.24) is 20.4 Å². The van der Waals surface area contributed by atoms with E-state index in [2.05, 4.69) is 20.4 Å². The normalized spacial score (nSPS) is 11.0. The van der Waals surface area contributed by atoms with Crippen LogP contribution >= 0.6 is 0 Å². The van der Waals surface area contributed by atoms with Gasteiger partial charge in [0.05, 0.1) is 16.9 Å². The third kappa shape index (κ3) is 3.63. The Hall–Kier alpha value is -4.06. The number of rotatable bonds is 5. The van der Waals surface area contributed by atoms with Gasteiger partial charge in [-0.1, -0.05) is 29.5 Å². The van der Waals surface area contributed by atoms with Crippen molar-refractivity contribution < 1.29 is 9.13 Å². The first kappa shape index (κ1) is 18.0. The average Bonchev–Trinajstić information content (AvgIpc) is 3.28. The van der Waals surface area contributed by atoms with Crippen molar-refractivity contribution in [3.05, 3.63) is 96.4 Å². The molecule has 0 amide bonds. The standard InChI is InChI=1S/C24H17FN4O/c25-19-10-5-17(6-11-19)23-24(28-29-27-23)18-8-13-21(14-9-18)30-15-20-12-7-16-3-1-2-4-22(16)26-20/h1-14H,15H2,(H,27,28,29). The first-order chi connectivity index (χ1) is 14.8. The number of hydrogen-bond donors (Lipinski definition) is 1. The van der Waals surface area contributed by atoms with Gasteiger partial charge in [-0.2, -0.15) is 0 Å². The molecule has 0 bridgehead atoms. The molecule has 0 unspecified atom stereocenters. The second-order valence-electron chi connectivity index (χ2n) is 6.85. The summed E-state index contributed by atoms with van der Waals surface area (Å²) in [5, 5.41) is 12.1. The zero-order chi connectivity index (χ0) is 20.3. The van der Waals surface area contributed by atoms with Gasteiger partial charge in [-0.15, -0.1) is 5.10 Å². The van der Waals surface area contributed by atoms with Crippen molar-refractivity contribution in [2.45, 2.75) is 6.61 Å². The number of nitrogens with zero attached hydrogens (tertiary/aromatic N) is 3. The summed E-state index contributed by atoms with van der Waals surface area (Å²) in [6.45, 7) is 0.384. The number of para-hydroxylation sites is 1. The molecule has 0 saturated heterocycles. The summed E-state index contributed by atoms with van der Waals surface area (Å²) in [5.41, 5.74) is 4.97. The summed E-state index contributed by atoms with van der Waals surface area (Å²) in [7, 11) is 0. The molecule has 5 rings (SSSR count). The van der Waals surface area contributed by atoms with Gasteiger partial charge in [0.15, 0.2) is 0 Å². The molecule has 0 aliphatic rings. The van der Waals surface area contributed by atoms with Gasteiger partial charge in [-0.05, 0) is 60.7 Å². The highest BCUT2D eigenvalue weighted by atomic mass is 19.1. The van der Waals surface area contributed by atoms with Gasteiger partial charge in [0.1, 0.15) is 23.9 Å². The predicted molar refractivity (Wildman–Crippen MR) is 113 cm³/mol. The number of aromatic nitrogens is 4. The van der Waals surface area contributed by atoms with Gasteiger partial charge >= 0.3 is 0 Å². The van der Waals surface area contributed by atoms with E-state index in [1.54, 1.807) is 12.1 Å². The van der Waals surface area contributed by atoms with Gasteiger partial charge in [-0.25, -0.2) is 9.37 Å². The van der Waals surface area contributed by atoms with Crippen LogP contribution in [0.1, 0.15) is 5.69 Å². The van der Waals surface area contributed by atoms with Crippen LogP contribution in [-0.4, -0.2) is 20.4 Å². The highest BCUT2D eigenvalue weighted by molar-refractivity contribution is 5.78. The molecule has 2 aromatic heterocycles. The molecule has 6 heteroatoms. The Balaban J connectivity index is 1.32. The molecule has 0 fully saturated rings. The number of aromatic amines is 1. The van der Waals surface area contributed by atoms with Crippen LogP contribution in [0.25, 0.3) is 33.4 Å². The van der Waals surface area contributed by atoms with Crippen molar-refractivity contribution in [1.29, 1.82) is 0 Å². The van der Waals surface area contributed by atoms with Crippen LogP contribution in [0.2, 0.25) is 0 Å². The quantitative estimate of drug-likeness (QED) is 0.432. The molecule has 3 aromatic carbocycles. The van der Waals surface area contributed by atoms with Crippen LogP contribution in [0.15, 0.2) is 84.9 Å². The zero-order valence-electron chi connectivity index (χ0n) is 15.9. The summed E-state index contributed by atoms with van der Waals surface area (Å²) in [6.07, 6.45) is 0. The molecule has 0 radical (unpaired) electrons. The number of H-pyrrole nitrogens is 1. The second kappa shape index (κ2) is 7.75. The maximum Gasteiger partial charge on any atom is 0.130 e. The fourth-order valence-electron chi connectivity index (χ4n) is 3.30. The lowest BCUT2D eigenvalue weighted by Crippen LogP contribution is -1.98. The van der Waals surface area contributed by atoms with E-state index in [1.807, 2.05) is 60.7 Å². The number of ether oxygens (including phenoxy) is 1. The first-order valence-corrected chi connectivity index (χ1v) is 9.51. The minimum Gasteiger partial charge on any atom is -0.487 e. The Kier molecular flexibility index (Phi) is 4.65. The minimum atomic E-state index is -0.282. The highest BCUT2D eigenvalue weighted by Crippen LogP contribution is 2.29. The van der Waals surface area contributed by atoms with Crippen LogP contribution in [0.4, 0.5) is 4.39 Å². The molecule has 0 aliphatic carbocycles. The van der Waals surface area contributed by atoms with E-state index in [9.17, 15) is 4.39 Å². The van der Waals surface area contributed by atoms with Crippen LogP contribution in [0.5, 0.6) is 5.75 Å². The molecule has 30 heavy (non-hydrogen) atoms. The summed E-state index contributed by atoms with van der Waals surface area (Å²) < 4.78 is 19.1. The minimum absolute atomic E-state index is 0.282. The summed E-state index contributed by atoms with van der Waals surface area (Å²) in [6, 6.07) is 25.9. The Morgan fingerprint density at radius 1 is 0.800 bits per heavy atom. The number of pyridine rings is 1. The second-order valence-corrected chi connectivity index (χ2v) is 6.85. The van der Waals surface area contributed by atoms with E-state index >= 15 is 0 Å². The van der Waals surface area contributed by atoms with Crippen LogP contribution in [0, 0.1) is 5.82 Å². The molecule has 5 aromatic rings. The van der Waals surface area contributed by atoms with Gasteiger partial charge in [0.2, 0.25) is 0 Å². The van der Waals surface area contributed by atoms with Gasteiger partial charge in [-0.3, -0.25) is 5.10 Å². The summed E-state index contributed by atoms with van der Waals surface area (Å²) in [4.78, 5) is 4.63. The Morgan fingerprint density at radius 3 is 2.40 bits per heavy atom. The monoisotopic (exact) mass is 396 g/mol. The van der Waals surface area contributed by atoms with Crippen molar-refractivity contribution in [2.75, 3.05) is 0 Å². The third-order valence-electron chi connectivity index (χ3n) is 4.85. The zero-order valence-corrected chi connectivity index (χ0v) is 15.9. The van der Waals surface area contributed by atoms with Crippen molar-refractivity contribution in [3.8, 4) is 28.3 Å². The fraction of sp³-hybridized carbons (Fsp3) is 0.0417. The van der Waals surface area contributed by atoms with Crippen molar-refractivity contribution >= 4 is 10.9 Å². The van der Waals surface area contributed by atoms with E-state index in [4.69, 9.17) is 4.74 Å². The van der Waals surface area contributed by atoms with Crippen LogP contribution < -0.4 is 4.74 Å². The number of nitrogens with one attached hydrogen (secondary N) is 1. The van der Waals surface area contributed by atoms with Crippen molar-refractivity contribution in [3.63, 3.8) is 0 Å². The molecule has 0 saturated carbocycles. The maximum atomic E-state index is 13.2. The molecular formula is C24H17FN4O. The molecule has 146 valence electrons. The third-order valence-corrected chi connectivity index (χ3v) is 4.85. The topological polar surface area (TPSA) is 63.7 Å². The summed E-state index contributed by atoms with van der Waals surface area (Å²) in [5.74, 6) is 0.454. The molecule has 5 nitrogen and oxygen atoms in total. The SMILES string of the molecule is Fc1ccc(-c2[nH]nnc2-c2ccc(OCc3ccc4ccccc4n3)cc2)cc1. The van der Waals surface area contributed by atoms with Gasteiger partial charge < -0.3 is 4.74 Å². The summed E-state index contributed by atoms with van der Waals surface area (Å²) >= 11 is 0. The van der Waals surface area contributed by atoms with E-state index < -0.39 is 0 Å². The molecule has 1 N–H and O–H groups in total. The first-order valence-electron chi connectivity index (χ1n) is 9.51. The van der Waals surface area contributed by atoms with E-state index in [0.29, 0.717) is 12.3 Å². The van der Waals surface area contributed by atoms with E-state index in [1.165, 1.54) is 12.1 Å². The van der Waals surface area contributed by atoms with Crippen LogP contribution in [0.3, 0.4) is 0 Å². The smallest absolute Gasteiger partial charge is 0.130 e.